The van der Waals surface area contributed by atoms with Gasteiger partial charge in [-0.1, -0.05) is 0 Å². The van der Waals surface area contributed by atoms with Gasteiger partial charge >= 0.3 is 0 Å². The first-order valence-corrected chi connectivity index (χ1v) is 6.07. The average molecular weight is 266 g/mol. The van der Waals surface area contributed by atoms with Crippen molar-refractivity contribution in [3.8, 4) is 17.2 Å². The summed E-state index contributed by atoms with van der Waals surface area (Å²) < 4.78 is 15.9. The Morgan fingerprint density at radius 3 is 2.95 bits per heavy atom. The number of methoxy groups -OCH3 is 1. The molecule has 1 unspecified atom stereocenters. The van der Waals surface area contributed by atoms with Gasteiger partial charge in [0.05, 0.1) is 13.0 Å². The Balaban J connectivity index is 2.23. The van der Waals surface area contributed by atoms with Crippen molar-refractivity contribution in [2.45, 2.75) is 6.42 Å². The standard InChI is InChI=1S/C13H18N2O4/c1-15-13(16)9(6-14)3-8-4-10(17-2)12-11(5-8)18-7-19-12/h4-5,9H,3,6-7,14H2,1-2H3,(H,15,16). The van der Waals surface area contributed by atoms with E-state index in [0.717, 1.165) is 5.56 Å². The van der Waals surface area contributed by atoms with Crippen LogP contribution >= 0.6 is 0 Å². The highest BCUT2D eigenvalue weighted by Crippen LogP contribution is 2.42. The van der Waals surface area contributed by atoms with Gasteiger partial charge in [0.25, 0.3) is 0 Å². The highest BCUT2D eigenvalue weighted by Gasteiger charge is 2.22. The molecule has 1 heterocycles. The van der Waals surface area contributed by atoms with E-state index in [9.17, 15) is 4.79 Å². The Bertz CT molecular complexity index is 476. The van der Waals surface area contributed by atoms with Crippen molar-refractivity contribution < 1.29 is 19.0 Å². The third-order valence-corrected chi connectivity index (χ3v) is 3.10. The lowest BCUT2D eigenvalue weighted by molar-refractivity contribution is -0.124. The number of carbonyl (C=O) groups is 1. The zero-order chi connectivity index (χ0) is 13.8. The van der Waals surface area contributed by atoms with Crippen LogP contribution in [0.25, 0.3) is 0 Å². The molecule has 0 fully saturated rings. The molecule has 0 bridgehead atoms. The molecule has 1 amide bonds. The summed E-state index contributed by atoms with van der Waals surface area (Å²) in [5.74, 6) is 1.52. The van der Waals surface area contributed by atoms with E-state index >= 15 is 0 Å². The monoisotopic (exact) mass is 266 g/mol. The van der Waals surface area contributed by atoms with E-state index in [0.29, 0.717) is 23.7 Å². The minimum Gasteiger partial charge on any atom is -0.493 e. The molecule has 1 atom stereocenters. The quantitative estimate of drug-likeness (QED) is 0.800. The van der Waals surface area contributed by atoms with Gasteiger partial charge in [-0.25, -0.2) is 0 Å². The molecule has 2 rings (SSSR count). The van der Waals surface area contributed by atoms with Crippen molar-refractivity contribution in [1.82, 2.24) is 5.32 Å². The predicted molar refractivity (Wildman–Crippen MR) is 69.4 cm³/mol. The lowest BCUT2D eigenvalue weighted by Crippen LogP contribution is -2.34. The maximum Gasteiger partial charge on any atom is 0.231 e. The first-order chi connectivity index (χ1) is 9.19. The van der Waals surface area contributed by atoms with E-state index in [4.69, 9.17) is 19.9 Å². The fraction of sp³-hybridized carbons (Fsp3) is 0.462. The number of amides is 1. The highest BCUT2D eigenvalue weighted by atomic mass is 16.7. The largest absolute Gasteiger partial charge is 0.493 e. The van der Waals surface area contributed by atoms with Crippen LogP contribution in [0.3, 0.4) is 0 Å². The minimum absolute atomic E-state index is 0.0702. The van der Waals surface area contributed by atoms with Crippen molar-refractivity contribution in [3.63, 3.8) is 0 Å². The van der Waals surface area contributed by atoms with E-state index in [-0.39, 0.29) is 25.2 Å². The van der Waals surface area contributed by atoms with E-state index in [1.165, 1.54) is 0 Å². The number of rotatable bonds is 5. The molecular weight excluding hydrogens is 248 g/mol. The molecule has 0 radical (unpaired) electrons. The van der Waals surface area contributed by atoms with Crippen LogP contribution in [0.5, 0.6) is 17.2 Å². The molecule has 0 saturated carbocycles. The maximum absolute atomic E-state index is 11.7. The Labute approximate surface area is 111 Å². The van der Waals surface area contributed by atoms with E-state index in [2.05, 4.69) is 5.32 Å². The van der Waals surface area contributed by atoms with Gasteiger partial charge in [-0.15, -0.1) is 0 Å². The van der Waals surface area contributed by atoms with Gasteiger partial charge in [0.15, 0.2) is 11.5 Å². The number of hydrogen-bond acceptors (Lipinski definition) is 5. The van der Waals surface area contributed by atoms with Gasteiger partial charge in [-0.05, 0) is 24.1 Å². The van der Waals surface area contributed by atoms with E-state index in [1.807, 2.05) is 12.1 Å². The fourth-order valence-corrected chi connectivity index (χ4v) is 2.07. The van der Waals surface area contributed by atoms with Crippen LogP contribution in [0.2, 0.25) is 0 Å². The van der Waals surface area contributed by atoms with E-state index in [1.54, 1.807) is 14.2 Å². The average Bonchev–Trinajstić information content (AvgIpc) is 2.91. The lowest BCUT2D eigenvalue weighted by Gasteiger charge is -2.14. The summed E-state index contributed by atoms with van der Waals surface area (Å²) in [6.07, 6.45) is 0.531. The Morgan fingerprint density at radius 2 is 2.32 bits per heavy atom. The summed E-state index contributed by atoms with van der Waals surface area (Å²) in [4.78, 5) is 11.7. The third kappa shape index (κ3) is 2.73. The molecule has 1 aliphatic rings. The van der Waals surface area contributed by atoms with Gasteiger partial charge in [-0.3, -0.25) is 4.79 Å². The number of benzene rings is 1. The van der Waals surface area contributed by atoms with Crippen LogP contribution in [0, 0.1) is 5.92 Å². The topological polar surface area (TPSA) is 82.8 Å². The second kappa shape index (κ2) is 5.79. The molecule has 3 N–H and O–H groups in total. The zero-order valence-corrected chi connectivity index (χ0v) is 11.1. The Hall–Kier alpha value is -1.95. The Morgan fingerprint density at radius 1 is 1.53 bits per heavy atom. The molecule has 6 nitrogen and oxygen atoms in total. The number of carbonyl (C=O) groups excluding carboxylic acids is 1. The molecule has 1 aromatic carbocycles. The Kier molecular flexibility index (Phi) is 4.11. The molecule has 0 aromatic heterocycles. The van der Waals surface area contributed by atoms with Gasteiger partial charge in [0.2, 0.25) is 18.4 Å². The molecule has 0 saturated heterocycles. The van der Waals surface area contributed by atoms with E-state index < -0.39 is 0 Å². The van der Waals surface area contributed by atoms with Crippen LogP contribution in [0.15, 0.2) is 12.1 Å². The highest BCUT2D eigenvalue weighted by molar-refractivity contribution is 5.79. The summed E-state index contributed by atoms with van der Waals surface area (Å²) in [5, 5.41) is 2.61. The first-order valence-electron chi connectivity index (χ1n) is 6.07. The normalized spacial score (nSPS) is 14.1. The molecule has 1 aliphatic heterocycles. The molecular formula is C13H18N2O4. The summed E-state index contributed by atoms with van der Waals surface area (Å²) in [5.41, 5.74) is 6.56. The number of fused-ring (bicyclic) bond motifs is 1. The number of ether oxygens (including phenoxy) is 3. The van der Waals surface area contributed by atoms with Crippen LogP contribution in [0.1, 0.15) is 5.56 Å². The van der Waals surface area contributed by atoms with Gasteiger partial charge in [0, 0.05) is 13.6 Å². The van der Waals surface area contributed by atoms with Crippen LogP contribution < -0.4 is 25.3 Å². The lowest BCUT2D eigenvalue weighted by atomic mass is 9.98. The zero-order valence-electron chi connectivity index (χ0n) is 11.1. The number of nitrogens with two attached hydrogens (primary N) is 1. The van der Waals surface area contributed by atoms with Crippen LogP contribution in [-0.4, -0.2) is 33.4 Å². The molecule has 6 heteroatoms. The smallest absolute Gasteiger partial charge is 0.231 e. The van der Waals surface area contributed by atoms with Crippen LogP contribution in [-0.2, 0) is 11.2 Å². The molecule has 1 aromatic rings. The minimum atomic E-state index is -0.268. The van der Waals surface area contributed by atoms with Crippen LogP contribution in [0.4, 0.5) is 0 Å². The predicted octanol–water partition coefficient (Wildman–Crippen LogP) is 0.287. The second-order valence-corrected chi connectivity index (χ2v) is 4.28. The summed E-state index contributed by atoms with van der Waals surface area (Å²) in [7, 11) is 3.17. The number of hydrogen-bond donors (Lipinski definition) is 2. The third-order valence-electron chi connectivity index (χ3n) is 3.10. The van der Waals surface area contributed by atoms with Crippen molar-refractivity contribution in [1.29, 1.82) is 0 Å². The van der Waals surface area contributed by atoms with Crippen molar-refractivity contribution in [3.05, 3.63) is 17.7 Å². The van der Waals surface area contributed by atoms with Crippen molar-refractivity contribution >= 4 is 5.91 Å². The van der Waals surface area contributed by atoms with Crippen molar-refractivity contribution in [2.75, 3.05) is 27.5 Å². The molecule has 0 aliphatic carbocycles. The van der Waals surface area contributed by atoms with Crippen molar-refractivity contribution in [2.24, 2.45) is 11.7 Å². The summed E-state index contributed by atoms with van der Waals surface area (Å²) in [6.45, 7) is 0.474. The second-order valence-electron chi connectivity index (χ2n) is 4.28. The number of nitrogens with one attached hydrogen (secondary N) is 1. The van der Waals surface area contributed by atoms with Gasteiger partial charge < -0.3 is 25.3 Å². The summed E-state index contributed by atoms with van der Waals surface area (Å²) in [6, 6.07) is 3.70. The first kappa shape index (κ1) is 13.5. The SMILES string of the molecule is CNC(=O)C(CN)Cc1cc(OC)c2c(c1)OCO2. The molecule has 19 heavy (non-hydrogen) atoms. The summed E-state index contributed by atoms with van der Waals surface area (Å²) >= 11 is 0. The van der Waals surface area contributed by atoms with Gasteiger partial charge in [0.1, 0.15) is 0 Å². The fourth-order valence-electron chi connectivity index (χ4n) is 2.07. The maximum atomic E-state index is 11.7. The molecule has 0 spiro atoms. The van der Waals surface area contributed by atoms with Gasteiger partial charge in [-0.2, -0.15) is 0 Å². The molecule has 104 valence electrons.